The molecule has 11 aromatic rings. The summed E-state index contributed by atoms with van der Waals surface area (Å²) >= 11 is 0. The van der Waals surface area contributed by atoms with Gasteiger partial charge in [0.2, 0.25) is 0 Å². The third-order valence-corrected chi connectivity index (χ3v) is 11.8. The molecule has 2 nitrogen and oxygen atoms in total. The molecule has 282 valence electrons. The van der Waals surface area contributed by atoms with Crippen LogP contribution in [0.5, 0.6) is 0 Å². The molecule has 10 aromatic carbocycles. The molecule has 0 bridgehead atoms. The minimum atomic E-state index is 1.08. The Morgan fingerprint density at radius 1 is 0.300 bits per heavy atom. The van der Waals surface area contributed by atoms with Gasteiger partial charge in [0.25, 0.3) is 0 Å². The van der Waals surface area contributed by atoms with Crippen molar-refractivity contribution in [3.05, 3.63) is 243 Å². The van der Waals surface area contributed by atoms with Crippen LogP contribution in [-0.2, 0) is 0 Å². The van der Waals surface area contributed by atoms with E-state index in [0.717, 1.165) is 33.8 Å². The Hall–Kier alpha value is -7.94. The molecule has 0 saturated carbocycles. The highest BCUT2D eigenvalue weighted by Gasteiger charge is 2.23. The first kappa shape index (κ1) is 35.2. The molecule has 0 aliphatic rings. The van der Waals surface area contributed by atoms with Gasteiger partial charge in [-0.15, -0.1) is 0 Å². The maximum absolute atomic E-state index is 2.47. The van der Waals surface area contributed by atoms with Gasteiger partial charge < -0.3 is 9.47 Å². The molecule has 60 heavy (non-hydrogen) atoms. The SMILES string of the molecule is c1ccc(-c2ccccc2-c2cccc(N(c3ccc(-c4cccc5ccccc45)c(-c4ccccc4)c3)c3cccc4c3c3ccccc3n4-c3ccccc3)c2)cc1. The second kappa shape index (κ2) is 15.1. The number of para-hydroxylation sites is 2. The van der Waals surface area contributed by atoms with E-state index < -0.39 is 0 Å². The Morgan fingerprint density at radius 2 is 0.833 bits per heavy atom. The minimum Gasteiger partial charge on any atom is -0.310 e. The van der Waals surface area contributed by atoms with Gasteiger partial charge in [0, 0.05) is 27.8 Å². The van der Waals surface area contributed by atoms with E-state index >= 15 is 0 Å². The normalized spacial score (nSPS) is 11.3. The first-order valence-electron chi connectivity index (χ1n) is 20.6. The molecule has 1 heterocycles. The highest BCUT2D eigenvalue weighted by molar-refractivity contribution is 6.17. The zero-order valence-electron chi connectivity index (χ0n) is 33.0. The zero-order valence-corrected chi connectivity index (χ0v) is 33.0. The summed E-state index contributed by atoms with van der Waals surface area (Å²) in [6.07, 6.45) is 0. The van der Waals surface area contributed by atoms with Crippen molar-refractivity contribution in [2.45, 2.75) is 0 Å². The highest BCUT2D eigenvalue weighted by Crippen LogP contribution is 2.47. The first-order valence-corrected chi connectivity index (χ1v) is 20.6. The lowest BCUT2D eigenvalue weighted by Crippen LogP contribution is -2.11. The largest absolute Gasteiger partial charge is 0.310 e. The van der Waals surface area contributed by atoms with Crippen LogP contribution >= 0.6 is 0 Å². The molecular weight excluding hydrogens is 725 g/mol. The van der Waals surface area contributed by atoms with E-state index in [1.807, 2.05) is 0 Å². The fourth-order valence-corrected chi connectivity index (χ4v) is 9.11. The van der Waals surface area contributed by atoms with Crippen LogP contribution in [0.25, 0.3) is 82.8 Å². The summed E-state index contributed by atoms with van der Waals surface area (Å²) in [5.41, 5.74) is 16.3. The molecule has 11 rings (SSSR count). The second-order valence-corrected chi connectivity index (χ2v) is 15.3. The number of hydrogen-bond donors (Lipinski definition) is 0. The molecule has 1 aromatic heterocycles. The maximum atomic E-state index is 2.47. The summed E-state index contributed by atoms with van der Waals surface area (Å²) in [5, 5.41) is 4.88. The number of fused-ring (bicyclic) bond motifs is 4. The lowest BCUT2D eigenvalue weighted by atomic mass is 9.90. The van der Waals surface area contributed by atoms with E-state index in [-0.39, 0.29) is 0 Å². The minimum absolute atomic E-state index is 1.08. The van der Waals surface area contributed by atoms with Crippen LogP contribution in [0.3, 0.4) is 0 Å². The van der Waals surface area contributed by atoms with Crippen molar-refractivity contribution in [3.8, 4) is 50.2 Å². The summed E-state index contributed by atoms with van der Waals surface area (Å²) in [7, 11) is 0. The van der Waals surface area contributed by atoms with Crippen LogP contribution in [0.4, 0.5) is 17.1 Å². The summed E-state index contributed by atoms with van der Waals surface area (Å²) in [5.74, 6) is 0. The molecule has 0 atom stereocenters. The van der Waals surface area contributed by atoms with Crippen LogP contribution in [0, 0.1) is 0 Å². The van der Waals surface area contributed by atoms with Gasteiger partial charge in [0.1, 0.15) is 0 Å². The molecule has 0 amide bonds. The fourth-order valence-electron chi connectivity index (χ4n) is 9.11. The fraction of sp³-hybridized carbons (Fsp3) is 0. The summed E-state index contributed by atoms with van der Waals surface area (Å²) in [6.45, 7) is 0. The predicted octanol–water partition coefficient (Wildman–Crippen LogP) is 16.1. The quantitative estimate of drug-likeness (QED) is 0.150. The smallest absolute Gasteiger partial charge is 0.0562 e. The van der Waals surface area contributed by atoms with E-state index in [1.165, 1.54) is 66.0 Å². The average molecular weight is 765 g/mol. The molecule has 0 saturated heterocycles. The van der Waals surface area contributed by atoms with E-state index in [4.69, 9.17) is 0 Å². The maximum Gasteiger partial charge on any atom is 0.0562 e. The molecule has 0 aliphatic carbocycles. The van der Waals surface area contributed by atoms with Gasteiger partial charge in [-0.3, -0.25) is 0 Å². The molecule has 0 radical (unpaired) electrons. The van der Waals surface area contributed by atoms with E-state index in [2.05, 4.69) is 252 Å². The number of rotatable bonds is 8. The number of benzene rings is 10. The van der Waals surface area contributed by atoms with E-state index in [9.17, 15) is 0 Å². The lowest BCUT2D eigenvalue weighted by molar-refractivity contribution is 1.18. The standard InChI is InChI=1S/C58H40N2/c1-4-19-41(20-5-1)48-29-12-13-31-50(48)44-25-16-28-46(39-44)59(56-35-18-36-57-58(56)53-32-14-15-34-55(53)60(57)45-26-8-3-9-27-45)47-37-38-52(54(40-47)43-21-6-2-7-22-43)51-33-17-24-42-23-10-11-30-49(42)51/h1-40H. The Labute approximate surface area is 350 Å². The monoisotopic (exact) mass is 764 g/mol. The van der Waals surface area contributed by atoms with Gasteiger partial charge in [0.15, 0.2) is 0 Å². The third-order valence-electron chi connectivity index (χ3n) is 11.8. The van der Waals surface area contributed by atoms with Crippen LogP contribution in [0.1, 0.15) is 0 Å². The Morgan fingerprint density at radius 3 is 1.62 bits per heavy atom. The Balaban J connectivity index is 1.19. The van der Waals surface area contributed by atoms with Gasteiger partial charge in [-0.05, 0) is 110 Å². The molecule has 0 unspecified atom stereocenters. The molecular formula is C58H40N2. The Kier molecular flexibility index (Phi) is 8.87. The van der Waals surface area contributed by atoms with Gasteiger partial charge in [-0.1, -0.05) is 188 Å². The van der Waals surface area contributed by atoms with Crippen molar-refractivity contribution in [3.63, 3.8) is 0 Å². The van der Waals surface area contributed by atoms with Crippen molar-refractivity contribution in [1.29, 1.82) is 0 Å². The van der Waals surface area contributed by atoms with Crippen molar-refractivity contribution in [1.82, 2.24) is 4.57 Å². The van der Waals surface area contributed by atoms with Crippen molar-refractivity contribution in [2.75, 3.05) is 4.90 Å². The Bertz CT molecular complexity index is 3300. The average Bonchev–Trinajstić information content (AvgIpc) is 3.67. The number of anilines is 3. The molecule has 0 aliphatic heterocycles. The van der Waals surface area contributed by atoms with E-state index in [0.29, 0.717) is 0 Å². The van der Waals surface area contributed by atoms with Crippen LogP contribution < -0.4 is 4.90 Å². The zero-order chi connectivity index (χ0) is 39.8. The molecule has 0 fully saturated rings. The van der Waals surface area contributed by atoms with Gasteiger partial charge in [-0.2, -0.15) is 0 Å². The number of hydrogen-bond acceptors (Lipinski definition) is 1. The summed E-state index contributed by atoms with van der Waals surface area (Å²) in [4.78, 5) is 2.47. The van der Waals surface area contributed by atoms with Gasteiger partial charge in [0.05, 0.1) is 16.7 Å². The summed E-state index contributed by atoms with van der Waals surface area (Å²) in [6, 6.07) is 88.0. The highest BCUT2D eigenvalue weighted by atomic mass is 15.1. The molecule has 0 spiro atoms. The van der Waals surface area contributed by atoms with Crippen molar-refractivity contribution >= 4 is 49.6 Å². The van der Waals surface area contributed by atoms with Gasteiger partial charge >= 0.3 is 0 Å². The topological polar surface area (TPSA) is 8.17 Å². The van der Waals surface area contributed by atoms with Crippen LogP contribution in [0.2, 0.25) is 0 Å². The van der Waals surface area contributed by atoms with Crippen LogP contribution in [0.15, 0.2) is 243 Å². The number of nitrogens with zero attached hydrogens (tertiary/aromatic N) is 2. The molecule has 2 heteroatoms. The van der Waals surface area contributed by atoms with Gasteiger partial charge in [-0.25, -0.2) is 0 Å². The van der Waals surface area contributed by atoms with Crippen molar-refractivity contribution < 1.29 is 0 Å². The third kappa shape index (κ3) is 6.14. The van der Waals surface area contributed by atoms with E-state index in [1.54, 1.807) is 0 Å². The summed E-state index contributed by atoms with van der Waals surface area (Å²) < 4.78 is 2.40. The predicted molar refractivity (Wildman–Crippen MR) is 255 cm³/mol. The second-order valence-electron chi connectivity index (χ2n) is 15.3. The van der Waals surface area contributed by atoms with Crippen molar-refractivity contribution in [2.24, 2.45) is 0 Å². The first-order chi connectivity index (χ1) is 29.8. The molecule has 0 N–H and O–H groups in total. The lowest BCUT2D eigenvalue weighted by Gasteiger charge is -2.28. The van der Waals surface area contributed by atoms with Crippen LogP contribution in [-0.4, -0.2) is 4.57 Å². The number of aromatic nitrogens is 1.